The summed E-state index contributed by atoms with van der Waals surface area (Å²) in [5, 5.41) is 13.2. The summed E-state index contributed by atoms with van der Waals surface area (Å²) in [4.78, 5) is 12.4. The maximum atomic E-state index is 13.2. The molecule has 0 aliphatic heterocycles. The molecule has 0 atom stereocenters. The second-order valence-electron chi connectivity index (χ2n) is 5.94. The highest BCUT2D eigenvalue weighted by molar-refractivity contribution is 5.94. The Morgan fingerprint density at radius 1 is 0.893 bits per heavy atom. The molecule has 0 aliphatic rings. The molecule has 0 fully saturated rings. The summed E-state index contributed by atoms with van der Waals surface area (Å²) >= 11 is 0. The number of fused-ring (bicyclic) bond motifs is 1. The third-order valence-electron chi connectivity index (χ3n) is 4.04. The van der Waals surface area contributed by atoms with Crippen LogP contribution in [0.1, 0.15) is 11.1 Å². The Morgan fingerprint density at radius 3 is 1.93 bits per heavy atom. The monoisotopic (exact) mass is 402 g/mol. The Morgan fingerprint density at radius 2 is 1.43 bits per heavy atom. The predicted molar refractivity (Wildman–Crippen MR) is 88.5 cm³/mol. The first-order valence-electron chi connectivity index (χ1n) is 7.93. The molecule has 1 heterocycles. The van der Waals surface area contributed by atoms with Gasteiger partial charge >= 0.3 is 12.4 Å². The SMILES string of the molecule is O=c1c2ccccc2c(-c2cc(C(F)(F)F)cc(C(F)(F)F)c2)nn1CCO. The smallest absolute Gasteiger partial charge is 0.394 e. The average molecular weight is 402 g/mol. The van der Waals surface area contributed by atoms with Crippen molar-refractivity contribution in [2.24, 2.45) is 0 Å². The number of aliphatic hydroxyl groups excluding tert-OH is 1. The van der Waals surface area contributed by atoms with E-state index in [2.05, 4.69) is 5.10 Å². The van der Waals surface area contributed by atoms with E-state index in [0.717, 1.165) is 4.68 Å². The molecule has 2 aromatic carbocycles. The molecule has 0 saturated carbocycles. The average Bonchev–Trinajstić information content (AvgIpc) is 2.62. The number of aliphatic hydroxyl groups is 1. The fourth-order valence-corrected chi connectivity index (χ4v) is 2.79. The molecule has 1 aromatic heterocycles. The normalized spacial score (nSPS) is 12.5. The van der Waals surface area contributed by atoms with Crippen molar-refractivity contribution >= 4 is 10.8 Å². The number of rotatable bonds is 3. The topological polar surface area (TPSA) is 55.1 Å². The maximum Gasteiger partial charge on any atom is 0.416 e. The van der Waals surface area contributed by atoms with Gasteiger partial charge in [-0.3, -0.25) is 4.79 Å². The van der Waals surface area contributed by atoms with Crippen LogP contribution in [0.25, 0.3) is 22.0 Å². The van der Waals surface area contributed by atoms with Gasteiger partial charge in [0.05, 0.1) is 35.4 Å². The molecule has 3 rings (SSSR count). The minimum Gasteiger partial charge on any atom is -0.394 e. The van der Waals surface area contributed by atoms with Gasteiger partial charge in [-0.2, -0.15) is 31.4 Å². The molecular formula is C18H12F6N2O2. The molecule has 0 bridgehead atoms. The lowest BCUT2D eigenvalue weighted by Crippen LogP contribution is -2.25. The zero-order valence-electron chi connectivity index (χ0n) is 14.0. The van der Waals surface area contributed by atoms with Gasteiger partial charge < -0.3 is 5.11 Å². The van der Waals surface area contributed by atoms with Crippen LogP contribution in [0.5, 0.6) is 0 Å². The molecule has 10 heteroatoms. The van der Waals surface area contributed by atoms with Crippen molar-refractivity contribution in [3.63, 3.8) is 0 Å². The highest BCUT2D eigenvalue weighted by Gasteiger charge is 2.37. The van der Waals surface area contributed by atoms with Gasteiger partial charge in [0.25, 0.3) is 5.56 Å². The third kappa shape index (κ3) is 3.72. The predicted octanol–water partition coefficient (Wildman–Crippen LogP) is 4.09. The standard InChI is InChI=1S/C18H12F6N2O2/c19-17(20,21)11-7-10(8-12(9-11)18(22,23)24)15-13-3-1-2-4-14(13)16(28)26(25-15)5-6-27/h1-4,7-9,27H,5-6H2. The molecule has 28 heavy (non-hydrogen) atoms. The molecule has 1 N–H and O–H groups in total. The summed E-state index contributed by atoms with van der Waals surface area (Å²) in [5.74, 6) is 0. The van der Waals surface area contributed by atoms with Crippen LogP contribution in [0, 0.1) is 0 Å². The van der Waals surface area contributed by atoms with Crippen LogP contribution in [0.15, 0.2) is 47.3 Å². The largest absolute Gasteiger partial charge is 0.416 e. The zero-order chi connectivity index (χ0) is 20.7. The molecule has 4 nitrogen and oxygen atoms in total. The lowest BCUT2D eigenvalue weighted by molar-refractivity contribution is -0.143. The van der Waals surface area contributed by atoms with Crippen LogP contribution in [-0.2, 0) is 18.9 Å². The Labute approximate surface area is 153 Å². The van der Waals surface area contributed by atoms with Crippen LogP contribution < -0.4 is 5.56 Å². The van der Waals surface area contributed by atoms with Crippen molar-refractivity contribution < 1.29 is 31.4 Å². The molecular weight excluding hydrogens is 390 g/mol. The van der Waals surface area contributed by atoms with Gasteiger partial charge in [0, 0.05) is 10.9 Å². The van der Waals surface area contributed by atoms with E-state index in [9.17, 15) is 31.1 Å². The van der Waals surface area contributed by atoms with E-state index in [4.69, 9.17) is 5.11 Å². The number of aromatic nitrogens is 2. The van der Waals surface area contributed by atoms with E-state index in [1.54, 1.807) is 0 Å². The second-order valence-corrected chi connectivity index (χ2v) is 5.94. The van der Waals surface area contributed by atoms with E-state index in [0.29, 0.717) is 12.1 Å². The van der Waals surface area contributed by atoms with Gasteiger partial charge in [-0.15, -0.1) is 0 Å². The van der Waals surface area contributed by atoms with Gasteiger partial charge in [-0.1, -0.05) is 18.2 Å². The minimum absolute atomic E-state index is 0.0232. The highest BCUT2D eigenvalue weighted by Crippen LogP contribution is 2.39. The Bertz CT molecular complexity index is 1050. The second kappa shape index (κ2) is 6.93. The molecule has 148 valence electrons. The summed E-state index contributed by atoms with van der Waals surface area (Å²) in [6.07, 6.45) is -10.0. The molecule has 0 saturated heterocycles. The Hall–Kier alpha value is -2.88. The zero-order valence-corrected chi connectivity index (χ0v) is 14.0. The first-order chi connectivity index (χ1) is 13.0. The first kappa shape index (κ1) is 19.9. The lowest BCUT2D eigenvalue weighted by atomic mass is 9.99. The van der Waals surface area contributed by atoms with E-state index in [1.165, 1.54) is 24.3 Å². The molecule has 0 unspecified atom stereocenters. The van der Waals surface area contributed by atoms with Gasteiger partial charge in [-0.25, -0.2) is 4.68 Å². The minimum atomic E-state index is -5.01. The number of alkyl halides is 6. The van der Waals surface area contributed by atoms with Crippen LogP contribution in [0.4, 0.5) is 26.3 Å². The van der Waals surface area contributed by atoms with Crippen molar-refractivity contribution in [1.29, 1.82) is 0 Å². The van der Waals surface area contributed by atoms with E-state index in [1.807, 2.05) is 0 Å². The summed E-state index contributed by atoms with van der Waals surface area (Å²) < 4.78 is 79.7. The fourth-order valence-electron chi connectivity index (χ4n) is 2.79. The highest BCUT2D eigenvalue weighted by atomic mass is 19.4. The van der Waals surface area contributed by atoms with E-state index in [-0.39, 0.29) is 29.1 Å². The fraction of sp³-hybridized carbons (Fsp3) is 0.222. The van der Waals surface area contributed by atoms with E-state index < -0.39 is 41.2 Å². The van der Waals surface area contributed by atoms with Crippen LogP contribution >= 0.6 is 0 Å². The Balaban J connectivity index is 2.39. The van der Waals surface area contributed by atoms with Crippen molar-refractivity contribution in [2.75, 3.05) is 6.61 Å². The molecule has 3 aromatic rings. The van der Waals surface area contributed by atoms with Crippen molar-refractivity contribution in [2.45, 2.75) is 18.9 Å². The van der Waals surface area contributed by atoms with Crippen molar-refractivity contribution in [3.05, 3.63) is 63.9 Å². The number of nitrogens with zero attached hydrogens (tertiary/aromatic N) is 2. The van der Waals surface area contributed by atoms with E-state index >= 15 is 0 Å². The van der Waals surface area contributed by atoms with Gasteiger partial charge in [0.15, 0.2) is 0 Å². The summed E-state index contributed by atoms with van der Waals surface area (Å²) in [5.41, 5.74) is -4.24. The number of halogens is 6. The third-order valence-corrected chi connectivity index (χ3v) is 4.04. The van der Waals surface area contributed by atoms with Crippen molar-refractivity contribution in [1.82, 2.24) is 9.78 Å². The molecule has 0 radical (unpaired) electrons. The van der Waals surface area contributed by atoms with Crippen LogP contribution in [-0.4, -0.2) is 21.5 Å². The molecule has 0 aliphatic carbocycles. The van der Waals surface area contributed by atoms with Gasteiger partial charge in [-0.05, 0) is 24.3 Å². The number of hydrogen-bond donors (Lipinski definition) is 1. The van der Waals surface area contributed by atoms with Gasteiger partial charge in [0.2, 0.25) is 0 Å². The number of benzene rings is 2. The Kier molecular flexibility index (Phi) is 4.92. The quantitative estimate of drug-likeness (QED) is 0.672. The summed E-state index contributed by atoms with van der Waals surface area (Å²) in [6.45, 7) is -0.747. The lowest BCUT2D eigenvalue weighted by Gasteiger charge is -2.16. The van der Waals surface area contributed by atoms with Gasteiger partial charge in [0.1, 0.15) is 0 Å². The molecule has 0 amide bonds. The summed E-state index contributed by atoms with van der Waals surface area (Å²) in [7, 11) is 0. The summed E-state index contributed by atoms with van der Waals surface area (Å²) in [6, 6.07) is 6.89. The first-order valence-corrected chi connectivity index (χ1v) is 7.93. The van der Waals surface area contributed by atoms with Crippen LogP contribution in [0.2, 0.25) is 0 Å². The maximum absolute atomic E-state index is 13.2. The van der Waals surface area contributed by atoms with Crippen LogP contribution in [0.3, 0.4) is 0 Å². The van der Waals surface area contributed by atoms with Crippen molar-refractivity contribution in [3.8, 4) is 11.3 Å². The molecule has 0 spiro atoms. The number of hydrogen-bond acceptors (Lipinski definition) is 3.